The smallest absolute Gasteiger partial charge is 0.248 e. The highest BCUT2D eigenvalue weighted by Crippen LogP contribution is 2.21. The SMILES string of the molecule is CCN(C)[C@H](C(=O)Nc1n[nH]c(C(C)C)n1)c1ccccc1. The van der Waals surface area contributed by atoms with Crippen molar-refractivity contribution in [3.8, 4) is 0 Å². The van der Waals surface area contributed by atoms with Crippen LogP contribution in [0.1, 0.15) is 44.1 Å². The van der Waals surface area contributed by atoms with Gasteiger partial charge in [-0.05, 0) is 19.2 Å². The number of carbonyl (C=O) groups is 1. The Balaban J connectivity index is 2.18. The molecule has 0 unspecified atom stereocenters. The quantitative estimate of drug-likeness (QED) is 0.860. The molecule has 0 bridgehead atoms. The second kappa shape index (κ2) is 7.17. The summed E-state index contributed by atoms with van der Waals surface area (Å²) in [6.45, 7) is 6.82. The summed E-state index contributed by atoms with van der Waals surface area (Å²) in [4.78, 5) is 18.9. The molecule has 6 nitrogen and oxygen atoms in total. The van der Waals surface area contributed by atoms with Crippen LogP contribution in [0.3, 0.4) is 0 Å². The number of anilines is 1. The van der Waals surface area contributed by atoms with Crippen LogP contribution in [0.25, 0.3) is 0 Å². The molecule has 0 aliphatic rings. The van der Waals surface area contributed by atoms with Crippen LogP contribution in [0, 0.1) is 0 Å². The van der Waals surface area contributed by atoms with Crippen LogP contribution in [0.2, 0.25) is 0 Å². The minimum absolute atomic E-state index is 0.134. The lowest BCUT2D eigenvalue weighted by molar-refractivity contribution is -0.121. The minimum atomic E-state index is -0.368. The molecule has 0 saturated carbocycles. The average molecular weight is 301 g/mol. The monoisotopic (exact) mass is 301 g/mol. The highest BCUT2D eigenvalue weighted by Gasteiger charge is 2.25. The van der Waals surface area contributed by atoms with E-state index in [0.717, 1.165) is 17.9 Å². The first-order valence-electron chi connectivity index (χ1n) is 7.51. The van der Waals surface area contributed by atoms with Gasteiger partial charge >= 0.3 is 0 Å². The van der Waals surface area contributed by atoms with Crippen LogP contribution in [0.15, 0.2) is 30.3 Å². The summed E-state index contributed by atoms with van der Waals surface area (Å²) in [5.74, 6) is 1.18. The maximum absolute atomic E-state index is 12.6. The van der Waals surface area contributed by atoms with Gasteiger partial charge in [0, 0.05) is 5.92 Å². The van der Waals surface area contributed by atoms with Gasteiger partial charge < -0.3 is 0 Å². The van der Waals surface area contributed by atoms with Gasteiger partial charge in [0.25, 0.3) is 0 Å². The Morgan fingerprint density at radius 3 is 2.55 bits per heavy atom. The van der Waals surface area contributed by atoms with E-state index < -0.39 is 0 Å². The van der Waals surface area contributed by atoms with Crippen molar-refractivity contribution in [2.45, 2.75) is 32.7 Å². The molecular formula is C16H23N5O. The van der Waals surface area contributed by atoms with Crippen LogP contribution < -0.4 is 5.32 Å². The Bertz CT molecular complexity index is 608. The molecule has 0 aliphatic heterocycles. The van der Waals surface area contributed by atoms with Gasteiger partial charge in [-0.3, -0.25) is 20.1 Å². The van der Waals surface area contributed by atoms with Gasteiger partial charge in [0.1, 0.15) is 11.9 Å². The molecule has 1 heterocycles. The van der Waals surface area contributed by atoms with E-state index in [-0.39, 0.29) is 17.9 Å². The molecule has 2 rings (SSSR count). The van der Waals surface area contributed by atoms with E-state index in [4.69, 9.17) is 0 Å². The van der Waals surface area contributed by atoms with Crippen LogP contribution in [-0.4, -0.2) is 39.6 Å². The maximum atomic E-state index is 12.6. The van der Waals surface area contributed by atoms with E-state index in [2.05, 4.69) is 20.5 Å². The van der Waals surface area contributed by atoms with E-state index >= 15 is 0 Å². The standard InChI is InChI=1S/C16H23N5O/c1-5-21(4)13(12-9-7-6-8-10-12)15(22)18-16-17-14(11(2)3)19-20-16/h6-11,13H,5H2,1-4H3,(H2,17,18,19,20,22)/t13-/m0/s1. The van der Waals surface area contributed by atoms with Crippen molar-refractivity contribution in [2.24, 2.45) is 0 Å². The first-order chi connectivity index (χ1) is 10.5. The Kier molecular flexibility index (Phi) is 5.27. The topological polar surface area (TPSA) is 73.9 Å². The molecule has 1 aromatic heterocycles. The molecule has 1 atom stereocenters. The molecule has 0 radical (unpaired) electrons. The molecule has 1 amide bonds. The number of carbonyl (C=O) groups excluding carboxylic acids is 1. The Morgan fingerprint density at radius 2 is 2.00 bits per heavy atom. The number of amides is 1. The number of rotatable bonds is 6. The van der Waals surface area contributed by atoms with Gasteiger partial charge in [0.05, 0.1) is 0 Å². The molecule has 118 valence electrons. The molecule has 0 spiro atoms. The number of aromatic amines is 1. The second-order valence-electron chi connectivity index (χ2n) is 5.57. The highest BCUT2D eigenvalue weighted by molar-refractivity contribution is 5.94. The summed E-state index contributed by atoms with van der Waals surface area (Å²) >= 11 is 0. The van der Waals surface area contributed by atoms with Gasteiger partial charge in [-0.25, -0.2) is 0 Å². The average Bonchev–Trinajstić information content (AvgIpc) is 2.97. The number of aromatic nitrogens is 3. The summed E-state index contributed by atoms with van der Waals surface area (Å²) in [6, 6.07) is 9.34. The Hall–Kier alpha value is -2.21. The number of hydrogen-bond acceptors (Lipinski definition) is 4. The third-order valence-corrected chi connectivity index (χ3v) is 3.59. The van der Waals surface area contributed by atoms with E-state index in [0.29, 0.717) is 5.95 Å². The molecule has 0 fully saturated rings. The molecule has 22 heavy (non-hydrogen) atoms. The van der Waals surface area contributed by atoms with Gasteiger partial charge in [0.2, 0.25) is 11.9 Å². The largest absolute Gasteiger partial charge is 0.292 e. The fourth-order valence-electron chi connectivity index (χ4n) is 2.19. The van der Waals surface area contributed by atoms with E-state index in [1.807, 2.05) is 63.1 Å². The zero-order chi connectivity index (χ0) is 16.1. The van der Waals surface area contributed by atoms with Crippen molar-refractivity contribution in [1.82, 2.24) is 20.1 Å². The van der Waals surface area contributed by atoms with Crippen molar-refractivity contribution in [1.29, 1.82) is 0 Å². The Morgan fingerprint density at radius 1 is 1.32 bits per heavy atom. The molecular weight excluding hydrogens is 278 g/mol. The lowest BCUT2D eigenvalue weighted by atomic mass is 10.1. The van der Waals surface area contributed by atoms with Crippen molar-refractivity contribution in [3.05, 3.63) is 41.7 Å². The molecule has 0 aliphatic carbocycles. The number of H-pyrrole nitrogens is 1. The van der Waals surface area contributed by atoms with Gasteiger partial charge in [0.15, 0.2) is 0 Å². The lowest BCUT2D eigenvalue weighted by Gasteiger charge is -2.25. The van der Waals surface area contributed by atoms with Gasteiger partial charge in [-0.1, -0.05) is 51.1 Å². The van der Waals surface area contributed by atoms with Crippen LogP contribution in [0.5, 0.6) is 0 Å². The molecule has 6 heteroatoms. The molecule has 1 aromatic carbocycles. The summed E-state index contributed by atoms with van der Waals surface area (Å²) in [5.41, 5.74) is 0.948. The molecule has 0 saturated heterocycles. The fraction of sp³-hybridized carbons (Fsp3) is 0.438. The summed E-state index contributed by atoms with van der Waals surface area (Å²) in [5, 5.41) is 9.69. The van der Waals surface area contributed by atoms with E-state index in [9.17, 15) is 4.79 Å². The molecule has 2 aromatic rings. The van der Waals surface area contributed by atoms with Crippen LogP contribution >= 0.6 is 0 Å². The zero-order valence-corrected chi connectivity index (χ0v) is 13.5. The number of nitrogens with one attached hydrogen (secondary N) is 2. The first kappa shape index (κ1) is 16.2. The lowest BCUT2D eigenvalue weighted by Crippen LogP contribution is -2.34. The van der Waals surface area contributed by atoms with Gasteiger partial charge in [-0.15, -0.1) is 5.10 Å². The molecule has 2 N–H and O–H groups in total. The number of nitrogens with zero attached hydrogens (tertiary/aromatic N) is 3. The summed E-state index contributed by atoms with van der Waals surface area (Å²) in [7, 11) is 1.93. The fourth-order valence-corrected chi connectivity index (χ4v) is 2.19. The van der Waals surface area contributed by atoms with Gasteiger partial charge in [-0.2, -0.15) is 4.98 Å². The first-order valence-corrected chi connectivity index (χ1v) is 7.51. The maximum Gasteiger partial charge on any atom is 0.248 e. The number of benzene rings is 1. The predicted octanol–water partition coefficient (Wildman–Crippen LogP) is 2.56. The van der Waals surface area contributed by atoms with Crippen molar-refractivity contribution in [2.75, 3.05) is 18.9 Å². The van der Waals surface area contributed by atoms with E-state index in [1.54, 1.807) is 0 Å². The minimum Gasteiger partial charge on any atom is -0.292 e. The van der Waals surface area contributed by atoms with Crippen molar-refractivity contribution >= 4 is 11.9 Å². The third-order valence-electron chi connectivity index (χ3n) is 3.59. The second-order valence-corrected chi connectivity index (χ2v) is 5.57. The normalized spacial score (nSPS) is 12.6. The van der Waals surface area contributed by atoms with E-state index in [1.165, 1.54) is 0 Å². The summed E-state index contributed by atoms with van der Waals surface area (Å²) < 4.78 is 0. The van der Waals surface area contributed by atoms with Crippen molar-refractivity contribution in [3.63, 3.8) is 0 Å². The summed E-state index contributed by atoms with van der Waals surface area (Å²) in [6.07, 6.45) is 0. The van der Waals surface area contributed by atoms with Crippen LogP contribution in [0.4, 0.5) is 5.95 Å². The van der Waals surface area contributed by atoms with Crippen molar-refractivity contribution < 1.29 is 4.79 Å². The number of likely N-dealkylation sites (N-methyl/N-ethyl adjacent to an activating group) is 1. The zero-order valence-electron chi connectivity index (χ0n) is 13.5. The highest BCUT2D eigenvalue weighted by atomic mass is 16.2. The van der Waals surface area contributed by atoms with Crippen LogP contribution in [-0.2, 0) is 4.79 Å². The third kappa shape index (κ3) is 3.71. The predicted molar refractivity (Wildman–Crippen MR) is 86.6 cm³/mol. The Labute approximate surface area is 130 Å². The number of hydrogen-bond donors (Lipinski definition) is 2.